The van der Waals surface area contributed by atoms with Crippen molar-refractivity contribution < 1.29 is 13.6 Å². The molecule has 0 saturated carbocycles. The lowest BCUT2D eigenvalue weighted by Gasteiger charge is -2.25. The van der Waals surface area contributed by atoms with Crippen molar-refractivity contribution in [2.24, 2.45) is 0 Å². The molecule has 0 saturated heterocycles. The lowest BCUT2D eigenvalue weighted by molar-refractivity contribution is 0.0714. The highest BCUT2D eigenvalue weighted by molar-refractivity contribution is 9.10. The zero-order valence-electron chi connectivity index (χ0n) is 17.5. The number of nitrogens with zero attached hydrogens (tertiary/aromatic N) is 1. The Labute approximate surface area is 192 Å². The molecule has 1 aliphatic heterocycles. The van der Waals surface area contributed by atoms with Crippen LogP contribution >= 0.6 is 15.9 Å². The van der Waals surface area contributed by atoms with Crippen LogP contribution in [0.1, 0.15) is 44.4 Å². The number of carbonyl (C=O) groups excluding carboxylic acids is 1. The van der Waals surface area contributed by atoms with Crippen molar-refractivity contribution in [3.63, 3.8) is 0 Å². The SMILES string of the molecule is Cc1cc2oc3c(c(=O)c2cc1C)[C@@H](c1ccc(Br)cc1)N(Cc1ccc(F)cc1)C3=O. The summed E-state index contributed by atoms with van der Waals surface area (Å²) in [7, 11) is 0. The van der Waals surface area contributed by atoms with Gasteiger partial charge in [0.2, 0.25) is 5.76 Å². The minimum absolute atomic E-state index is 0.0702. The normalized spacial score (nSPS) is 15.4. The van der Waals surface area contributed by atoms with Gasteiger partial charge in [0, 0.05) is 11.0 Å². The molecule has 0 radical (unpaired) electrons. The van der Waals surface area contributed by atoms with Gasteiger partial charge in [-0.05, 0) is 72.5 Å². The van der Waals surface area contributed by atoms with Crippen LogP contribution in [0, 0.1) is 19.7 Å². The number of amides is 1. The first-order chi connectivity index (χ1) is 15.3. The van der Waals surface area contributed by atoms with Crippen molar-refractivity contribution in [2.45, 2.75) is 26.4 Å². The molecule has 3 aromatic carbocycles. The third-order valence-electron chi connectivity index (χ3n) is 6.03. The Balaban J connectivity index is 1.73. The minimum Gasteiger partial charge on any atom is -0.450 e. The molecule has 6 heteroatoms. The second-order valence-corrected chi connectivity index (χ2v) is 9.04. The summed E-state index contributed by atoms with van der Waals surface area (Å²) in [6.07, 6.45) is 0. The van der Waals surface area contributed by atoms with Gasteiger partial charge < -0.3 is 9.32 Å². The summed E-state index contributed by atoms with van der Waals surface area (Å²) in [4.78, 5) is 28.7. The highest BCUT2D eigenvalue weighted by atomic mass is 79.9. The van der Waals surface area contributed by atoms with Crippen molar-refractivity contribution in [2.75, 3.05) is 0 Å². The zero-order chi connectivity index (χ0) is 22.6. The summed E-state index contributed by atoms with van der Waals surface area (Å²) in [6, 6.07) is 16.6. The van der Waals surface area contributed by atoms with Crippen LogP contribution in [0.25, 0.3) is 11.0 Å². The van der Waals surface area contributed by atoms with Gasteiger partial charge in [-0.1, -0.05) is 40.2 Å². The number of carbonyl (C=O) groups is 1. The molecule has 0 unspecified atom stereocenters. The van der Waals surface area contributed by atoms with Crippen molar-refractivity contribution in [1.82, 2.24) is 4.90 Å². The van der Waals surface area contributed by atoms with Crippen molar-refractivity contribution in [3.8, 4) is 0 Å². The van der Waals surface area contributed by atoms with Gasteiger partial charge in [0.15, 0.2) is 5.43 Å². The molecular formula is C26H19BrFNO3. The van der Waals surface area contributed by atoms with E-state index in [2.05, 4.69) is 15.9 Å². The Kier molecular flexibility index (Phi) is 4.97. The lowest BCUT2D eigenvalue weighted by atomic mass is 9.97. The first-order valence-electron chi connectivity index (χ1n) is 10.2. The second-order valence-electron chi connectivity index (χ2n) is 8.12. The summed E-state index contributed by atoms with van der Waals surface area (Å²) in [6.45, 7) is 4.10. The summed E-state index contributed by atoms with van der Waals surface area (Å²) in [5.41, 5.74) is 4.08. The topological polar surface area (TPSA) is 50.5 Å². The average molecular weight is 492 g/mol. The van der Waals surface area contributed by atoms with Gasteiger partial charge in [0.25, 0.3) is 5.91 Å². The van der Waals surface area contributed by atoms with E-state index in [1.165, 1.54) is 12.1 Å². The van der Waals surface area contributed by atoms with E-state index in [0.29, 0.717) is 16.5 Å². The van der Waals surface area contributed by atoms with Gasteiger partial charge >= 0.3 is 0 Å². The molecule has 4 aromatic rings. The quantitative estimate of drug-likeness (QED) is 0.350. The van der Waals surface area contributed by atoms with Crippen molar-refractivity contribution >= 4 is 32.8 Å². The van der Waals surface area contributed by atoms with Crippen LogP contribution in [0.2, 0.25) is 0 Å². The largest absolute Gasteiger partial charge is 0.450 e. The Morgan fingerprint density at radius 1 is 0.969 bits per heavy atom. The number of hydrogen-bond donors (Lipinski definition) is 0. The molecule has 1 aliphatic rings. The number of aryl methyl sites for hydroxylation is 2. The van der Waals surface area contributed by atoms with E-state index in [1.807, 2.05) is 44.2 Å². The predicted octanol–water partition coefficient (Wildman–Crippen LogP) is 6.06. The molecule has 32 heavy (non-hydrogen) atoms. The fraction of sp³-hybridized carbons (Fsp3) is 0.154. The van der Waals surface area contributed by atoms with Crippen LogP contribution in [0.4, 0.5) is 4.39 Å². The maximum atomic E-state index is 13.6. The molecule has 1 amide bonds. The predicted molar refractivity (Wildman–Crippen MR) is 124 cm³/mol. The molecule has 2 heterocycles. The highest BCUT2D eigenvalue weighted by Gasteiger charge is 2.42. The van der Waals surface area contributed by atoms with Crippen molar-refractivity contribution in [3.05, 3.63) is 115 Å². The fourth-order valence-electron chi connectivity index (χ4n) is 4.22. The number of benzene rings is 3. The van der Waals surface area contributed by atoms with E-state index < -0.39 is 6.04 Å². The van der Waals surface area contributed by atoms with E-state index in [0.717, 1.165) is 26.7 Å². The van der Waals surface area contributed by atoms with Crippen LogP contribution in [-0.4, -0.2) is 10.8 Å². The highest BCUT2D eigenvalue weighted by Crippen LogP contribution is 2.39. The Morgan fingerprint density at radius 3 is 2.31 bits per heavy atom. The van der Waals surface area contributed by atoms with Crippen LogP contribution in [0.15, 0.2) is 74.3 Å². The molecule has 1 aromatic heterocycles. The fourth-order valence-corrected chi connectivity index (χ4v) is 4.48. The first kappa shape index (κ1) is 20.6. The molecule has 4 nitrogen and oxygen atoms in total. The maximum Gasteiger partial charge on any atom is 0.291 e. The van der Waals surface area contributed by atoms with Gasteiger partial charge in [-0.3, -0.25) is 9.59 Å². The number of fused-ring (bicyclic) bond motifs is 2. The molecule has 160 valence electrons. The Bertz CT molecular complexity index is 1430. The van der Waals surface area contributed by atoms with Crippen LogP contribution < -0.4 is 5.43 Å². The van der Waals surface area contributed by atoms with Crippen LogP contribution in [0.5, 0.6) is 0 Å². The van der Waals surface area contributed by atoms with Crippen LogP contribution in [-0.2, 0) is 6.54 Å². The molecule has 0 aliphatic carbocycles. The molecule has 0 bridgehead atoms. The summed E-state index contributed by atoms with van der Waals surface area (Å²) >= 11 is 3.44. The molecule has 0 fully saturated rings. The number of hydrogen-bond acceptors (Lipinski definition) is 3. The lowest BCUT2D eigenvalue weighted by Crippen LogP contribution is -2.29. The van der Waals surface area contributed by atoms with E-state index >= 15 is 0 Å². The van der Waals surface area contributed by atoms with E-state index in [9.17, 15) is 14.0 Å². The maximum absolute atomic E-state index is 13.6. The molecular weight excluding hydrogens is 473 g/mol. The minimum atomic E-state index is -0.599. The van der Waals surface area contributed by atoms with E-state index in [-0.39, 0.29) is 29.5 Å². The number of halogens is 2. The third-order valence-corrected chi connectivity index (χ3v) is 6.56. The zero-order valence-corrected chi connectivity index (χ0v) is 19.1. The average Bonchev–Trinajstić information content (AvgIpc) is 3.04. The monoisotopic (exact) mass is 491 g/mol. The summed E-state index contributed by atoms with van der Waals surface area (Å²) in [5.74, 6) is -0.627. The number of rotatable bonds is 3. The summed E-state index contributed by atoms with van der Waals surface area (Å²) in [5, 5.41) is 0.463. The van der Waals surface area contributed by atoms with E-state index in [1.54, 1.807) is 23.1 Å². The molecule has 0 spiro atoms. The Morgan fingerprint density at radius 2 is 1.62 bits per heavy atom. The Hall–Kier alpha value is -3.25. The summed E-state index contributed by atoms with van der Waals surface area (Å²) < 4.78 is 20.3. The molecule has 0 N–H and O–H groups in total. The van der Waals surface area contributed by atoms with E-state index in [4.69, 9.17) is 4.42 Å². The van der Waals surface area contributed by atoms with Crippen LogP contribution in [0.3, 0.4) is 0 Å². The smallest absolute Gasteiger partial charge is 0.291 e. The van der Waals surface area contributed by atoms with Gasteiger partial charge in [0.1, 0.15) is 11.4 Å². The van der Waals surface area contributed by atoms with Gasteiger partial charge in [-0.2, -0.15) is 0 Å². The van der Waals surface area contributed by atoms with Gasteiger partial charge in [-0.15, -0.1) is 0 Å². The first-order valence-corrected chi connectivity index (χ1v) is 11.0. The van der Waals surface area contributed by atoms with Crippen molar-refractivity contribution in [1.29, 1.82) is 0 Å². The van der Waals surface area contributed by atoms with Gasteiger partial charge in [0.05, 0.1) is 17.0 Å². The third kappa shape index (κ3) is 3.35. The molecule has 5 rings (SSSR count). The standard InChI is InChI=1S/C26H19BrFNO3/c1-14-11-20-21(12-15(14)2)32-25-22(24(20)30)23(17-5-7-18(27)8-6-17)29(26(25)31)13-16-3-9-19(28)10-4-16/h3-12,23H,13H2,1-2H3/t23-/m1/s1. The van der Waals surface area contributed by atoms with Gasteiger partial charge in [-0.25, -0.2) is 4.39 Å². The molecule has 1 atom stereocenters. The second kappa shape index (κ2) is 7.71.